The van der Waals surface area contributed by atoms with Crippen molar-refractivity contribution >= 4 is 5.91 Å². The highest BCUT2D eigenvalue weighted by atomic mass is 16.2. The number of hydrazine groups is 1. The Labute approximate surface area is 73.3 Å². The summed E-state index contributed by atoms with van der Waals surface area (Å²) in [4.78, 5) is 11.5. The highest BCUT2D eigenvalue weighted by Crippen LogP contribution is 2.17. The first-order valence-corrected chi connectivity index (χ1v) is 4.93. The molecular formula is C9H16N2O. The van der Waals surface area contributed by atoms with Crippen molar-refractivity contribution in [3.63, 3.8) is 0 Å². The van der Waals surface area contributed by atoms with Gasteiger partial charge in [-0.05, 0) is 25.7 Å². The van der Waals surface area contributed by atoms with E-state index >= 15 is 0 Å². The zero-order valence-electron chi connectivity index (χ0n) is 7.46. The van der Waals surface area contributed by atoms with E-state index in [1.165, 1.54) is 19.3 Å². The molecule has 0 spiro atoms. The van der Waals surface area contributed by atoms with Gasteiger partial charge in [0.25, 0.3) is 0 Å². The zero-order chi connectivity index (χ0) is 8.39. The third-order valence-electron chi connectivity index (χ3n) is 2.72. The van der Waals surface area contributed by atoms with Gasteiger partial charge < -0.3 is 0 Å². The monoisotopic (exact) mass is 168 g/mol. The number of carbonyl (C=O) groups excluding carboxylic acids is 1. The van der Waals surface area contributed by atoms with Crippen molar-refractivity contribution in [3.05, 3.63) is 0 Å². The molecule has 68 valence electrons. The maximum Gasteiger partial charge on any atom is 0.236 e. The molecule has 0 saturated carbocycles. The van der Waals surface area contributed by atoms with Gasteiger partial charge in [0.05, 0.1) is 0 Å². The van der Waals surface area contributed by atoms with Gasteiger partial charge in [-0.3, -0.25) is 9.80 Å². The fraction of sp³-hybridized carbons (Fsp3) is 0.889. The molecule has 12 heavy (non-hydrogen) atoms. The molecule has 2 fully saturated rings. The molecule has 0 aromatic rings. The van der Waals surface area contributed by atoms with Crippen LogP contribution in [0, 0.1) is 0 Å². The number of hydrogen-bond acceptors (Lipinski definition) is 2. The van der Waals surface area contributed by atoms with E-state index < -0.39 is 0 Å². The number of carbonyl (C=O) groups is 1. The number of hydrogen-bond donors (Lipinski definition) is 0. The number of nitrogens with zero attached hydrogens (tertiary/aromatic N) is 2. The van der Waals surface area contributed by atoms with E-state index in [1.54, 1.807) is 0 Å². The Morgan fingerprint density at radius 3 is 2.25 bits per heavy atom. The molecule has 1 amide bonds. The van der Waals surface area contributed by atoms with Gasteiger partial charge in [-0.25, -0.2) is 5.01 Å². The van der Waals surface area contributed by atoms with Gasteiger partial charge in [-0.15, -0.1) is 0 Å². The van der Waals surface area contributed by atoms with Crippen LogP contribution in [0.3, 0.4) is 0 Å². The van der Waals surface area contributed by atoms with Crippen molar-refractivity contribution in [1.82, 2.24) is 10.0 Å². The summed E-state index contributed by atoms with van der Waals surface area (Å²) in [5.74, 6) is 0.336. The van der Waals surface area contributed by atoms with E-state index in [9.17, 15) is 4.79 Å². The van der Waals surface area contributed by atoms with Gasteiger partial charge in [0.15, 0.2) is 0 Å². The summed E-state index contributed by atoms with van der Waals surface area (Å²) in [5.41, 5.74) is 0. The van der Waals surface area contributed by atoms with Gasteiger partial charge in [-0.2, -0.15) is 0 Å². The predicted molar refractivity (Wildman–Crippen MR) is 46.4 cm³/mol. The molecule has 0 N–H and O–H groups in total. The van der Waals surface area contributed by atoms with Crippen LogP contribution in [0.2, 0.25) is 0 Å². The summed E-state index contributed by atoms with van der Waals surface area (Å²) >= 11 is 0. The van der Waals surface area contributed by atoms with E-state index in [4.69, 9.17) is 0 Å². The lowest BCUT2D eigenvalue weighted by Crippen LogP contribution is -2.47. The van der Waals surface area contributed by atoms with Crippen molar-refractivity contribution in [2.75, 3.05) is 19.6 Å². The summed E-state index contributed by atoms with van der Waals surface area (Å²) in [6.45, 7) is 3.14. The van der Waals surface area contributed by atoms with E-state index in [0.29, 0.717) is 5.91 Å². The Balaban J connectivity index is 1.95. The molecular weight excluding hydrogens is 152 g/mol. The lowest BCUT2D eigenvalue weighted by molar-refractivity contribution is -0.150. The summed E-state index contributed by atoms with van der Waals surface area (Å²) in [6.07, 6.45) is 5.54. The second-order valence-electron chi connectivity index (χ2n) is 3.63. The molecule has 3 nitrogen and oxygen atoms in total. The first-order chi connectivity index (χ1) is 5.88. The second-order valence-corrected chi connectivity index (χ2v) is 3.63. The molecule has 0 atom stereocenters. The average molecular weight is 168 g/mol. The van der Waals surface area contributed by atoms with Crippen molar-refractivity contribution in [1.29, 1.82) is 0 Å². The van der Waals surface area contributed by atoms with Crippen molar-refractivity contribution in [3.8, 4) is 0 Å². The van der Waals surface area contributed by atoms with Crippen molar-refractivity contribution < 1.29 is 4.79 Å². The summed E-state index contributed by atoms with van der Waals surface area (Å²) in [7, 11) is 0. The van der Waals surface area contributed by atoms with Crippen molar-refractivity contribution in [2.24, 2.45) is 0 Å². The Morgan fingerprint density at radius 1 is 0.917 bits per heavy atom. The van der Waals surface area contributed by atoms with Gasteiger partial charge in [0.2, 0.25) is 5.91 Å². The standard InChI is InChI=1S/C9H16N2O/c12-9-5-1-2-8-11(9)10-6-3-4-7-10/h1-8H2. The fourth-order valence-corrected chi connectivity index (χ4v) is 2.03. The maximum absolute atomic E-state index is 11.5. The minimum absolute atomic E-state index is 0.336. The Bertz CT molecular complexity index is 175. The molecule has 0 unspecified atom stereocenters. The minimum Gasteiger partial charge on any atom is -0.275 e. The van der Waals surface area contributed by atoms with Crippen LogP contribution in [0.15, 0.2) is 0 Å². The second kappa shape index (κ2) is 3.44. The van der Waals surface area contributed by atoms with Crippen LogP contribution < -0.4 is 0 Å². The van der Waals surface area contributed by atoms with Crippen LogP contribution in [0.5, 0.6) is 0 Å². The van der Waals surface area contributed by atoms with Crippen LogP contribution in [0.1, 0.15) is 32.1 Å². The molecule has 2 aliphatic rings. The smallest absolute Gasteiger partial charge is 0.236 e. The molecule has 2 heterocycles. The highest BCUT2D eigenvalue weighted by molar-refractivity contribution is 5.76. The third kappa shape index (κ3) is 1.46. The summed E-state index contributed by atoms with van der Waals surface area (Å²) in [6, 6.07) is 0. The van der Waals surface area contributed by atoms with Gasteiger partial charge >= 0.3 is 0 Å². The average Bonchev–Trinajstić information content (AvgIpc) is 2.57. The molecule has 0 bridgehead atoms. The number of piperidine rings is 1. The van der Waals surface area contributed by atoms with Crippen LogP contribution >= 0.6 is 0 Å². The summed E-state index contributed by atoms with van der Waals surface area (Å²) < 4.78 is 0. The minimum atomic E-state index is 0.336. The SMILES string of the molecule is O=C1CCCCN1N1CCCC1. The molecule has 0 aromatic heterocycles. The quantitative estimate of drug-likeness (QED) is 0.583. The molecule has 3 heteroatoms. The van der Waals surface area contributed by atoms with Gasteiger partial charge in [-0.1, -0.05) is 0 Å². The molecule has 2 saturated heterocycles. The zero-order valence-corrected chi connectivity index (χ0v) is 7.46. The number of amides is 1. The Kier molecular flexibility index (Phi) is 2.30. The molecule has 2 rings (SSSR count). The van der Waals surface area contributed by atoms with Crippen LogP contribution in [-0.2, 0) is 4.79 Å². The van der Waals surface area contributed by atoms with Crippen LogP contribution in [-0.4, -0.2) is 35.6 Å². The molecule has 0 aromatic carbocycles. The first-order valence-electron chi connectivity index (χ1n) is 4.93. The lowest BCUT2D eigenvalue weighted by Gasteiger charge is -2.34. The van der Waals surface area contributed by atoms with Gasteiger partial charge in [0.1, 0.15) is 0 Å². The molecule has 0 radical (unpaired) electrons. The Morgan fingerprint density at radius 2 is 1.58 bits per heavy atom. The van der Waals surface area contributed by atoms with Crippen molar-refractivity contribution in [2.45, 2.75) is 32.1 Å². The third-order valence-corrected chi connectivity index (χ3v) is 2.72. The molecule has 0 aliphatic carbocycles. The topological polar surface area (TPSA) is 23.6 Å². The van der Waals surface area contributed by atoms with Gasteiger partial charge in [0, 0.05) is 26.1 Å². The van der Waals surface area contributed by atoms with E-state index in [0.717, 1.165) is 32.5 Å². The van der Waals surface area contributed by atoms with Crippen LogP contribution in [0.4, 0.5) is 0 Å². The summed E-state index contributed by atoms with van der Waals surface area (Å²) in [5, 5.41) is 4.19. The largest absolute Gasteiger partial charge is 0.275 e. The molecule has 2 aliphatic heterocycles. The normalized spacial score (nSPS) is 26.7. The van der Waals surface area contributed by atoms with E-state index in [2.05, 4.69) is 5.01 Å². The maximum atomic E-state index is 11.5. The number of rotatable bonds is 1. The Hall–Kier alpha value is -0.570. The van der Waals surface area contributed by atoms with E-state index in [-0.39, 0.29) is 0 Å². The first kappa shape index (κ1) is 8.05. The van der Waals surface area contributed by atoms with E-state index in [1.807, 2.05) is 5.01 Å². The highest BCUT2D eigenvalue weighted by Gasteiger charge is 2.25. The lowest BCUT2D eigenvalue weighted by atomic mass is 10.1. The predicted octanol–water partition coefficient (Wildman–Crippen LogP) is 1.01. The fourth-order valence-electron chi connectivity index (χ4n) is 2.03. The van der Waals surface area contributed by atoms with Crippen LogP contribution in [0.25, 0.3) is 0 Å².